The van der Waals surface area contributed by atoms with Crippen LogP contribution in [0.5, 0.6) is 0 Å². The molecular weight excluding hydrogens is 216 g/mol. The van der Waals surface area contributed by atoms with Gasteiger partial charge in [0.1, 0.15) is 0 Å². The maximum Gasteiger partial charge on any atom is 0.0309 e. The predicted octanol–water partition coefficient (Wildman–Crippen LogP) is 5.19. The molecule has 0 spiro atoms. The quantitative estimate of drug-likeness (QED) is 0.492. The van der Waals surface area contributed by atoms with Crippen LogP contribution in [-0.2, 0) is 6.42 Å². The smallest absolute Gasteiger partial charge is 0.0309 e. The van der Waals surface area contributed by atoms with Crippen LogP contribution in [-0.4, -0.2) is 0 Å². The maximum atomic E-state index is 3.42. The summed E-state index contributed by atoms with van der Waals surface area (Å²) >= 11 is 0. The number of aryl methyl sites for hydroxylation is 2. The molecule has 18 heavy (non-hydrogen) atoms. The fourth-order valence-corrected chi connectivity index (χ4v) is 2.04. The lowest BCUT2D eigenvalue weighted by atomic mass is 9.94. The molecule has 0 N–H and O–H groups in total. The van der Waals surface area contributed by atoms with Crippen LogP contribution in [0.2, 0.25) is 0 Å². The van der Waals surface area contributed by atoms with Crippen molar-refractivity contribution in [2.24, 2.45) is 0 Å². The highest BCUT2D eigenvalue weighted by molar-refractivity contribution is 5.50. The molecule has 0 heteroatoms. The summed E-state index contributed by atoms with van der Waals surface area (Å²) in [4.78, 5) is 0. The summed E-state index contributed by atoms with van der Waals surface area (Å²) in [5.74, 6) is 6.75. The van der Waals surface area contributed by atoms with Gasteiger partial charge in [-0.1, -0.05) is 50.7 Å². The van der Waals surface area contributed by atoms with Crippen molar-refractivity contribution in [2.45, 2.75) is 66.2 Å². The zero-order chi connectivity index (χ0) is 13.4. The molecule has 0 fully saturated rings. The van der Waals surface area contributed by atoms with Gasteiger partial charge in [-0.3, -0.25) is 0 Å². The Morgan fingerprint density at radius 2 is 1.72 bits per heavy atom. The third-order valence-electron chi connectivity index (χ3n) is 3.49. The molecule has 0 unspecified atom stereocenters. The molecule has 1 aromatic rings. The normalized spacial score (nSPS) is 10.0. The molecule has 0 saturated carbocycles. The zero-order valence-corrected chi connectivity index (χ0v) is 12.4. The summed E-state index contributed by atoms with van der Waals surface area (Å²) in [6.07, 6.45) is 7.13. The lowest BCUT2D eigenvalue weighted by Crippen LogP contribution is -1.96. The van der Waals surface area contributed by atoms with Gasteiger partial charge < -0.3 is 0 Å². The first kappa shape index (κ1) is 14.8. The number of hydrogen-bond donors (Lipinski definition) is 0. The summed E-state index contributed by atoms with van der Waals surface area (Å²) in [6.45, 7) is 8.84. The van der Waals surface area contributed by atoms with E-state index < -0.39 is 0 Å². The van der Waals surface area contributed by atoms with Crippen molar-refractivity contribution >= 4 is 0 Å². The Bertz CT molecular complexity index is 429. The Morgan fingerprint density at radius 3 is 2.39 bits per heavy atom. The van der Waals surface area contributed by atoms with Gasteiger partial charge in [0, 0.05) is 12.0 Å². The van der Waals surface area contributed by atoms with Crippen molar-refractivity contribution in [2.75, 3.05) is 0 Å². The van der Waals surface area contributed by atoms with Crippen LogP contribution >= 0.6 is 0 Å². The van der Waals surface area contributed by atoms with Crippen molar-refractivity contribution in [3.63, 3.8) is 0 Å². The summed E-state index contributed by atoms with van der Waals surface area (Å²) in [5.41, 5.74) is 5.45. The fourth-order valence-electron chi connectivity index (χ4n) is 2.04. The lowest BCUT2D eigenvalue weighted by Gasteiger charge is -2.10. The highest BCUT2D eigenvalue weighted by Crippen LogP contribution is 2.19. The molecular formula is C18H26. The van der Waals surface area contributed by atoms with E-state index in [4.69, 9.17) is 0 Å². The highest BCUT2D eigenvalue weighted by atomic mass is 14.1. The first-order valence-corrected chi connectivity index (χ1v) is 7.28. The van der Waals surface area contributed by atoms with E-state index in [0.29, 0.717) is 0 Å². The summed E-state index contributed by atoms with van der Waals surface area (Å²) in [7, 11) is 0. The summed E-state index contributed by atoms with van der Waals surface area (Å²) in [5, 5.41) is 0. The minimum absolute atomic E-state index is 1.02. The molecule has 0 bridgehead atoms. The lowest BCUT2D eigenvalue weighted by molar-refractivity contribution is 0.792. The molecule has 0 saturated heterocycles. The van der Waals surface area contributed by atoms with E-state index >= 15 is 0 Å². The molecule has 0 atom stereocenters. The van der Waals surface area contributed by atoms with Crippen LogP contribution in [0, 0.1) is 25.7 Å². The molecule has 0 heterocycles. The summed E-state index contributed by atoms with van der Waals surface area (Å²) < 4.78 is 0. The Kier molecular flexibility index (Phi) is 6.58. The van der Waals surface area contributed by atoms with E-state index in [0.717, 1.165) is 12.8 Å². The van der Waals surface area contributed by atoms with Gasteiger partial charge in [0.05, 0.1) is 0 Å². The van der Waals surface area contributed by atoms with Crippen molar-refractivity contribution in [1.29, 1.82) is 0 Å². The molecule has 0 aliphatic carbocycles. The predicted molar refractivity (Wildman–Crippen MR) is 80.9 cm³/mol. The minimum atomic E-state index is 1.02. The van der Waals surface area contributed by atoms with Gasteiger partial charge in [0.15, 0.2) is 0 Å². The van der Waals surface area contributed by atoms with Gasteiger partial charge in [0.25, 0.3) is 0 Å². The molecule has 0 radical (unpaired) electrons. The first-order valence-electron chi connectivity index (χ1n) is 7.28. The topological polar surface area (TPSA) is 0 Å². The van der Waals surface area contributed by atoms with E-state index in [1.165, 1.54) is 47.9 Å². The third-order valence-corrected chi connectivity index (χ3v) is 3.49. The zero-order valence-electron chi connectivity index (χ0n) is 12.4. The van der Waals surface area contributed by atoms with Crippen LogP contribution in [0.1, 0.15) is 68.2 Å². The van der Waals surface area contributed by atoms with Crippen molar-refractivity contribution in [3.8, 4) is 11.8 Å². The molecule has 0 nitrogen and oxygen atoms in total. The van der Waals surface area contributed by atoms with Gasteiger partial charge in [-0.2, -0.15) is 0 Å². The molecule has 0 amide bonds. The average Bonchev–Trinajstić information content (AvgIpc) is 2.38. The van der Waals surface area contributed by atoms with Crippen LogP contribution in [0.4, 0.5) is 0 Å². The minimum Gasteiger partial charge on any atom is -0.0979 e. The van der Waals surface area contributed by atoms with E-state index in [-0.39, 0.29) is 0 Å². The molecule has 0 aliphatic rings. The Hall–Kier alpha value is -1.22. The standard InChI is InChI=1S/C18H26/c1-5-7-9-10-12-18-16(4)15(3)13-14-17(18)11-8-6-2/h13-14H,5-9,11H2,1-4H3. The largest absolute Gasteiger partial charge is 0.0979 e. The van der Waals surface area contributed by atoms with Gasteiger partial charge in [-0.15, -0.1) is 0 Å². The van der Waals surface area contributed by atoms with Gasteiger partial charge in [0.2, 0.25) is 0 Å². The van der Waals surface area contributed by atoms with Crippen LogP contribution < -0.4 is 0 Å². The van der Waals surface area contributed by atoms with E-state index in [1.54, 1.807) is 0 Å². The monoisotopic (exact) mass is 242 g/mol. The van der Waals surface area contributed by atoms with Crippen molar-refractivity contribution < 1.29 is 0 Å². The second-order valence-corrected chi connectivity index (χ2v) is 5.05. The Balaban J connectivity index is 2.95. The van der Waals surface area contributed by atoms with Crippen molar-refractivity contribution in [3.05, 3.63) is 34.4 Å². The number of unbranched alkanes of at least 4 members (excludes halogenated alkanes) is 3. The van der Waals surface area contributed by atoms with Crippen LogP contribution in [0.3, 0.4) is 0 Å². The molecule has 0 aliphatic heterocycles. The highest BCUT2D eigenvalue weighted by Gasteiger charge is 2.05. The Labute approximate surface area is 113 Å². The van der Waals surface area contributed by atoms with Crippen molar-refractivity contribution in [1.82, 2.24) is 0 Å². The third kappa shape index (κ3) is 4.22. The molecule has 98 valence electrons. The SMILES string of the molecule is CCCCC#Cc1c(CCCC)ccc(C)c1C. The van der Waals surface area contributed by atoms with E-state index in [2.05, 4.69) is 51.7 Å². The van der Waals surface area contributed by atoms with Crippen LogP contribution in [0.15, 0.2) is 12.1 Å². The van der Waals surface area contributed by atoms with Gasteiger partial charge in [-0.05, 0) is 49.8 Å². The van der Waals surface area contributed by atoms with Crippen LogP contribution in [0.25, 0.3) is 0 Å². The van der Waals surface area contributed by atoms with E-state index in [1.807, 2.05) is 0 Å². The second-order valence-electron chi connectivity index (χ2n) is 5.05. The average molecular weight is 242 g/mol. The van der Waals surface area contributed by atoms with Gasteiger partial charge >= 0.3 is 0 Å². The van der Waals surface area contributed by atoms with Gasteiger partial charge in [-0.25, -0.2) is 0 Å². The number of benzene rings is 1. The number of rotatable bonds is 5. The second kappa shape index (κ2) is 7.98. The summed E-state index contributed by atoms with van der Waals surface area (Å²) in [6, 6.07) is 4.50. The molecule has 1 aromatic carbocycles. The Morgan fingerprint density at radius 1 is 1.00 bits per heavy atom. The van der Waals surface area contributed by atoms with E-state index in [9.17, 15) is 0 Å². The maximum absolute atomic E-state index is 3.42. The molecule has 1 rings (SSSR count). The molecule has 0 aromatic heterocycles. The first-order chi connectivity index (χ1) is 8.70. The fraction of sp³-hybridized carbons (Fsp3) is 0.556. The number of hydrogen-bond acceptors (Lipinski definition) is 0.